The number of nitrogens with one attached hydrogen (secondary N) is 1. The van der Waals surface area contributed by atoms with Gasteiger partial charge in [-0.05, 0) is 51.4 Å². The Bertz CT molecular complexity index is 217. The second-order valence-electron chi connectivity index (χ2n) is 6.25. The topological polar surface area (TPSA) is 21.3 Å². The van der Waals surface area contributed by atoms with Crippen molar-refractivity contribution in [3.8, 4) is 0 Å². The average molecular weight is 225 g/mol. The van der Waals surface area contributed by atoms with E-state index in [1.165, 1.54) is 38.5 Å². The maximum absolute atomic E-state index is 5.35. The highest BCUT2D eigenvalue weighted by molar-refractivity contribution is 4.95. The van der Waals surface area contributed by atoms with Gasteiger partial charge in [-0.2, -0.15) is 0 Å². The van der Waals surface area contributed by atoms with Gasteiger partial charge < -0.3 is 10.1 Å². The van der Waals surface area contributed by atoms with Gasteiger partial charge in [0.15, 0.2) is 0 Å². The highest BCUT2D eigenvalue weighted by atomic mass is 16.5. The molecule has 2 aliphatic carbocycles. The second-order valence-corrected chi connectivity index (χ2v) is 6.25. The summed E-state index contributed by atoms with van der Waals surface area (Å²) in [4.78, 5) is 0. The van der Waals surface area contributed by atoms with Crippen molar-refractivity contribution in [1.82, 2.24) is 5.32 Å². The first-order valence-corrected chi connectivity index (χ1v) is 6.90. The lowest BCUT2D eigenvalue weighted by Crippen LogP contribution is -2.52. The molecule has 1 unspecified atom stereocenters. The molecule has 0 bridgehead atoms. The molecule has 2 rings (SSSR count). The molecule has 2 nitrogen and oxygen atoms in total. The Labute approximate surface area is 100 Å². The number of hydrogen-bond donors (Lipinski definition) is 1. The molecule has 0 spiro atoms. The standard InChI is InChI=1S/C14H27NO/c1-14(2,12-6-4-5-7-12)15-13(10-16-3)11-8-9-11/h11-13,15H,4-10H2,1-3H3. The molecule has 0 aliphatic heterocycles. The first-order valence-electron chi connectivity index (χ1n) is 6.90. The number of ether oxygens (including phenoxy) is 1. The summed E-state index contributed by atoms with van der Waals surface area (Å²) in [6.45, 7) is 5.64. The Morgan fingerprint density at radius 1 is 1.19 bits per heavy atom. The molecule has 0 saturated heterocycles. The minimum atomic E-state index is 0.294. The largest absolute Gasteiger partial charge is 0.383 e. The van der Waals surface area contributed by atoms with E-state index in [2.05, 4.69) is 19.2 Å². The molecular formula is C14H27NO. The van der Waals surface area contributed by atoms with Crippen LogP contribution in [0.25, 0.3) is 0 Å². The fourth-order valence-corrected chi connectivity index (χ4v) is 3.22. The van der Waals surface area contributed by atoms with E-state index in [1.807, 2.05) is 7.11 Å². The molecule has 2 saturated carbocycles. The summed E-state index contributed by atoms with van der Waals surface area (Å²) in [6.07, 6.45) is 8.45. The smallest absolute Gasteiger partial charge is 0.0618 e. The van der Waals surface area contributed by atoms with Gasteiger partial charge in [0.25, 0.3) is 0 Å². The van der Waals surface area contributed by atoms with Crippen LogP contribution in [0.3, 0.4) is 0 Å². The normalized spacial score (nSPS) is 24.9. The van der Waals surface area contributed by atoms with Gasteiger partial charge in [-0.25, -0.2) is 0 Å². The second kappa shape index (κ2) is 5.05. The van der Waals surface area contributed by atoms with Crippen molar-refractivity contribution in [1.29, 1.82) is 0 Å². The molecule has 16 heavy (non-hydrogen) atoms. The molecule has 0 aromatic carbocycles. The molecule has 0 amide bonds. The molecule has 1 N–H and O–H groups in total. The van der Waals surface area contributed by atoms with Gasteiger partial charge >= 0.3 is 0 Å². The van der Waals surface area contributed by atoms with Gasteiger partial charge in [0.2, 0.25) is 0 Å². The van der Waals surface area contributed by atoms with Crippen molar-refractivity contribution < 1.29 is 4.74 Å². The lowest BCUT2D eigenvalue weighted by Gasteiger charge is -2.37. The highest BCUT2D eigenvalue weighted by Gasteiger charge is 2.38. The Morgan fingerprint density at radius 3 is 2.31 bits per heavy atom. The number of hydrogen-bond acceptors (Lipinski definition) is 2. The zero-order valence-electron chi connectivity index (χ0n) is 11.1. The summed E-state index contributed by atoms with van der Waals surface area (Å²) in [5.41, 5.74) is 0.294. The quantitative estimate of drug-likeness (QED) is 0.750. The van der Waals surface area contributed by atoms with Gasteiger partial charge in [-0.1, -0.05) is 12.8 Å². The van der Waals surface area contributed by atoms with Crippen molar-refractivity contribution in [2.24, 2.45) is 11.8 Å². The van der Waals surface area contributed by atoms with E-state index in [1.54, 1.807) is 0 Å². The minimum Gasteiger partial charge on any atom is -0.383 e. The van der Waals surface area contributed by atoms with E-state index in [0.717, 1.165) is 18.4 Å². The maximum Gasteiger partial charge on any atom is 0.0618 e. The van der Waals surface area contributed by atoms with E-state index in [9.17, 15) is 0 Å². The van der Waals surface area contributed by atoms with E-state index in [4.69, 9.17) is 4.74 Å². The van der Waals surface area contributed by atoms with Crippen LogP contribution in [0.2, 0.25) is 0 Å². The summed E-state index contributed by atoms with van der Waals surface area (Å²) in [5.74, 6) is 1.74. The summed E-state index contributed by atoms with van der Waals surface area (Å²) in [7, 11) is 1.82. The Hall–Kier alpha value is -0.0800. The molecule has 1 atom stereocenters. The Kier molecular flexibility index (Phi) is 3.91. The van der Waals surface area contributed by atoms with Crippen molar-refractivity contribution in [3.63, 3.8) is 0 Å². The molecular weight excluding hydrogens is 198 g/mol. The lowest BCUT2D eigenvalue weighted by atomic mass is 9.85. The maximum atomic E-state index is 5.35. The fraction of sp³-hybridized carbons (Fsp3) is 1.00. The molecule has 2 aliphatic rings. The van der Waals surface area contributed by atoms with Crippen LogP contribution in [0.15, 0.2) is 0 Å². The third kappa shape index (κ3) is 2.98. The zero-order valence-corrected chi connectivity index (χ0v) is 11.1. The van der Waals surface area contributed by atoms with Gasteiger partial charge in [-0.15, -0.1) is 0 Å². The predicted molar refractivity (Wildman–Crippen MR) is 67.6 cm³/mol. The molecule has 2 fully saturated rings. The van der Waals surface area contributed by atoms with Crippen LogP contribution in [-0.2, 0) is 4.74 Å². The SMILES string of the molecule is COCC(NC(C)(C)C1CCCC1)C1CC1. The lowest BCUT2D eigenvalue weighted by molar-refractivity contribution is 0.124. The van der Waals surface area contributed by atoms with Crippen LogP contribution in [0.1, 0.15) is 52.4 Å². The minimum absolute atomic E-state index is 0.294. The first kappa shape index (κ1) is 12.4. The van der Waals surface area contributed by atoms with Crippen LogP contribution in [-0.4, -0.2) is 25.3 Å². The van der Waals surface area contributed by atoms with E-state index < -0.39 is 0 Å². The van der Waals surface area contributed by atoms with Crippen LogP contribution < -0.4 is 5.32 Å². The van der Waals surface area contributed by atoms with E-state index in [-0.39, 0.29) is 0 Å². The summed E-state index contributed by atoms with van der Waals surface area (Å²) >= 11 is 0. The fourth-order valence-electron chi connectivity index (χ4n) is 3.22. The van der Waals surface area contributed by atoms with Gasteiger partial charge in [-0.3, -0.25) is 0 Å². The zero-order chi connectivity index (χ0) is 11.6. The molecule has 0 heterocycles. The van der Waals surface area contributed by atoms with E-state index in [0.29, 0.717) is 11.6 Å². The van der Waals surface area contributed by atoms with Crippen molar-refractivity contribution >= 4 is 0 Å². The number of methoxy groups -OCH3 is 1. The molecule has 2 heteroatoms. The van der Waals surface area contributed by atoms with Crippen LogP contribution >= 0.6 is 0 Å². The summed E-state index contributed by atoms with van der Waals surface area (Å²) in [5, 5.41) is 3.87. The van der Waals surface area contributed by atoms with Crippen LogP contribution in [0.5, 0.6) is 0 Å². The van der Waals surface area contributed by atoms with Crippen molar-refractivity contribution in [2.75, 3.05) is 13.7 Å². The first-order chi connectivity index (χ1) is 7.63. The van der Waals surface area contributed by atoms with Gasteiger partial charge in [0.05, 0.1) is 6.61 Å². The molecule has 0 radical (unpaired) electrons. The third-order valence-electron chi connectivity index (χ3n) is 4.47. The average Bonchev–Trinajstić information content (AvgIpc) is 2.91. The molecule has 0 aromatic heterocycles. The van der Waals surface area contributed by atoms with Crippen molar-refractivity contribution in [2.45, 2.75) is 64.0 Å². The van der Waals surface area contributed by atoms with Crippen molar-refractivity contribution in [3.05, 3.63) is 0 Å². The number of rotatable bonds is 6. The molecule has 0 aromatic rings. The van der Waals surface area contributed by atoms with Gasteiger partial charge in [0.1, 0.15) is 0 Å². The predicted octanol–water partition coefficient (Wildman–Crippen LogP) is 2.97. The summed E-state index contributed by atoms with van der Waals surface area (Å²) < 4.78 is 5.35. The van der Waals surface area contributed by atoms with E-state index >= 15 is 0 Å². The Morgan fingerprint density at radius 2 is 1.81 bits per heavy atom. The highest BCUT2D eigenvalue weighted by Crippen LogP contribution is 2.37. The van der Waals surface area contributed by atoms with Crippen LogP contribution in [0, 0.1) is 11.8 Å². The van der Waals surface area contributed by atoms with Crippen LogP contribution in [0.4, 0.5) is 0 Å². The third-order valence-corrected chi connectivity index (χ3v) is 4.47. The van der Waals surface area contributed by atoms with Gasteiger partial charge in [0, 0.05) is 18.7 Å². The Balaban J connectivity index is 1.88. The monoisotopic (exact) mass is 225 g/mol. The molecule has 94 valence electrons. The summed E-state index contributed by atoms with van der Waals surface area (Å²) in [6, 6.07) is 0.584.